The monoisotopic (exact) mass is 353 g/mol. The molecular formula is C17H24ClN3O3. The van der Waals surface area contributed by atoms with E-state index in [1.165, 1.54) is 13.0 Å². The third-order valence-corrected chi connectivity index (χ3v) is 5.24. The molecule has 2 atom stereocenters. The molecule has 0 unspecified atom stereocenters. The maximum absolute atomic E-state index is 10.9. The molecule has 0 bridgehead atoms. The molecule has 0 saturated carbocycles. The van der Waals surface area contributed by atoms with Crippen LogP contribution >= 0.6 is 11.6 Å². The highest BCUT2D eigenvalue weighted by molar-refractivity contribution is 6.32. The Labute approximate surface area is 147 Å². The fraction of sp³-hybridized carbons (Fsp3) is 0.588. The number of methoxy groups -OCH3 is 1. The van der Waals surface area contributed by atoms with Crippen LogP contribution in [0.3, 0.4) is 0 Å². The fourth-order valence-electron chi connectivity index (χ4n) is 3.79. The van der Waals surface area contributed by atoms with Gasteiger partial charge in [-0.05, 0) is 43.6 Å². The molecule has 1 aromatic rings. The molecule has 2 N–H and O–H groups in total. The van der Waals surface area contributed by atoms with Crippen LogP contribution in [0, 0.1) is 5.92 Å². The van der Waals surface area contributed by atoms with Gasteiger partial charge in [-0.15, -0.1) is 0 Å². The zero-order chi connectivity index (χ0) is 17.3. The van der Waals surface area contributed by atoms with Crippen LogP contribution in [0.25, 0.3) is 0 Å². The highest BCUT2D eigenvalue weighted by Gasteiger charge is 2.39. The number of benzene rings is 1. The molecule has 2 aliphatic heterocycles. The average Bonchev–Trinajstić information content (AvgIpc) is 3.07. The van der Waals surface area contributed by atoms with Crippen molar-refractivity contribution >= 4 is 17.5 Å². The number of hydrogen-bond donors (Lipinski definition) is 1. The number of carbonyl (C=O) groups excluding carboxylic acids is 1. The number of nitrogens with two attached hydrogens (primary N) is 1. The van der Waals surface area contributed by atoms with Crippen molar-refractivity contribution in [2.24, 2.45) is 11.7 Å². The van der Waals surface area contributed by atoms with Crippen LogP contribution in [0.1, 0.15) is 12.0 Å². The van der Waals surface area contributed by atoms with Gasteiger partial charge in [0.25, 0.3) is 5.91 Å². The van der Waals surface area contributed by atoms with Gasteiger partial charge >= 0.3 is 0 Å². The lowest BCUT2D eigenvalue weighted by molar-refractivity contribution is -0.119. The predicted octanol–water partition coefficient (Wildman–Crippen LogP) is 1.35. The smallest absolute Gasteiger partial charge is 0.255 e. The first-order valence-corrected chi connectivity index (χ1v) is 8.56. The van der Waals surface area contributed by atoms with Gasteiger partial charge in [0.15, 0.2) is 18.1 Å². The number of ether oxygens (including phenoxy) is 2. The molecule has 2 fully saturated rings. The van der Waals surface area contributed by atoms with Crippen molar-refractivity contribution in [3.63, 3.8) is 0 Å². The van der Waals surface area contributed by atoms with Crippen LogP contribution in [0.5, 0.6) is 11.5 Å². The van der Waals surface area contributed by atoms with Crippen LogP contribution in [0.15, 0.2) is 12.1 Å². The lowest BCUT2D eigenvalue weighted by Crippen LogP contribution is -2.31. The Kier molecular flexibility index (Phi) is 5.18. The highest BCUT2D eigenvalue weighted by Crippen LogP contribution is 2.37. The van der Waals surface area contributed by atoms with Crippen molar-refractivity contribution < 1.29 is 14.3 Å². The van der Waals surface area contributed by atoms with Crippen LogP contribution in [0.4, 0.5) is 0 Å². The Balaban J connectivity index is 1.70. The number of primary amides is 1. The summed E-state index contributed by atoms with van der Waals surface area (Å²) in [4.78, 5) is 15.8. The maximum Gasteiger partial charge on any atom is 0.255 e. The van der Waals surface area contributed by atoms with Gasteiger partial charge in [-0.3, -0.25) is 9.69 Å². The number of fused-ring (bicyclic) bond motifs is 1. The van der Waals surface area contributed by atoms with Gasteiger partial charge in [-0.2, -0.15) is 0 Å². The second-order valence-electron chi connectivity index (χ2n) is 6.65. The van der Waals surface area contributed by atoms with E-state index in [1.54, 1.807) is 7.11 Å². The number of hydrogen-bond acceptors (Lipinski definition) is 5. The van der Waals surface area contributed by atoms with Gasteiger partial charge in [0, 0.05) is 25.7 Å². The van der Waals surface area contributed by atoms with Gasteiger partial charge in [-0.25, -0.2) is 0 Å². The van der Waals surface area contributed by atoms with E-state index in [0.29, 0.717) is 22.6 Å². The predicted molar refractivity (Wildman–Crippen MR) is 92.5 cm³/mol. The third kappa shape index (κ3) is 3.61. The number of rotatable bonds is 6. The van der Waals surface area contributed by atoms with Crippen molar-refractivity contribution in [1.82, 2.24) is 9.80 Å². The Morgan fingerprint density at radius 1 is 1.42 bits per heavy atom. The zero-order valence-electron chi connectivity index (χ0n) is 14.1. The SMILES string of the molecule is COc1cc(CN2C[C@H]3CCN(C)[C@H]3C2)cc(Cl)c1OCC(N)=O. The minimum absolute atomic E-state index is 0.225. The summed E-state index contributed by atoms with van der Waals surface area (Å²) in [5.41, 5.74) is 6.19. The van der Waals surface area contributed by atoms with E-state index >= 15 is 0 Å². The molecule has 0 spiro atoms. The van der Waals surface area contributed by atoms with Crippen LogP contribution in [-0.2, 0) is 11.3 Å². The number of likely N-dealkylation sites (tertiary alicyclic amines) is 2. The van der Waals surface area contributed by atoms with Crippen molar-refractivity contribution in [2.75, 3.05) is 40.4 Å². The van der Waals surface area contributed by atoms with Crippen molar-refractivity contribution in [1.29, 1.82) is 0 Å². The Hall–Kier alpha value is -1.50. The van der Waals surface area contributed by atoms with Crippen molar-refractivity contribution in [3.8, 4) is 11.5 Å². The Morgan fingerprint density at radius 3 is 2.88 bits per heavy atom. The van der Waals surface area contributed by atoms with Gasteiger partial charge < -0.3 is 20.1 Å². The summed E-state index contributed by atoms with van der Waals surface area (Å²) in [6.07, 6.45) is 1.28. The summed E-state index contributed by atoms with van der Waals surface area (Å²) < 4.78 is 10.7. The number of likely N-dealkylation sites (N-methyl/N-ethyl adjacent to an activating group) is 1. The van der Waals surface area contributed by atoms with Gasteiger partial charge in [0.1, 0.15) is 0 Å². The summed E-state index contributed by atoms with van der Waals surface area (Å²) in [5.74, 6) is 1.10. The molecule has 132 valence electrons. The minimum atomic E-state index is -0.551. The second kappa shape index (κ2) is 7.17. The van der Waals surface area contributed by atoms with Crippen LogP contribution in [-0.4, -0.2) is 62.1 Å². The molecule has 1 amide bonds. The first-order valence-electron chi connectivity index (χ1n) is 8.18. The topological polar surface area (TPSA) is 68.0 Å². The van der Waals surface area contributed by atoms with Crippen molar-refractivity contribution in [3.05, 3.63) is 22.7 Å². The fourth-order valence-corrected chi connectivity index (χ4v) is 4.08. The molecule has 6 nitrogen and oxygen atoms in total. The van der Waals surface area contributed by atoms with Gasteiger partial charge in [0.05, 0.1) is 12.1 Å². The number of halogens is 1. The lowest BCUT2D eigenvalue weighted by atomic mass is 10.1. The maximum atomic E-state index is 10.9. The molecule has 7 heteroatoms. The number of carbonyl (C=O) groups is 1. The second-order valence-corrected chi connectivity index (χ2v) is 7.06. The number of nitrogens with zero attached hydrogens (tertiary/aromatic N) is 2. The Bertz CT molecular complexity index is 625. The van der Waals surface area contributed by atoms with E-state index in [-0.39, 0.29) is 6.61 Å². The lowest BCUT2D eigenvalue weighted by Gasteiger charge is -2.21. The molecule has 0 aliphatic carbocycles. The molecule has 2 heterocycles. The highest BCUT2D eigenvalue weighted by atomic mass is 35.5. The first kappa shape index (κ1) is 17.3. The van der Waals surface area contributed by atoms with E-state index in [2.05, 4.69) is 16.8 Å². The molecule has 2 aliphatic rings. The molecule has 3 rings (SSSR count). The van der Waals surface area contributed by atoms with Gasteiger partial charge in [0.2, 0.25) is 0 Å². The summed E-state index contributed by atoms with van der Waals surface area (Å²) in [7, 11) is 3.76. The van der Waals surface area contributed by atoms with E-state index in [4.69, 9.17) is 26.8 Å². The molecule has 0 aromatic heterocycles. The Morgan fingerprint density at radius 2 is 2.21 bits per heavy atom. The molecule has 1 aromatic carbocycles. The molecule has 24 heavy (non-hydrogen) atoms. The molecule has 2 saturated heterocycles. The summed E-state index contributed by atoms with van der Waals surface area (Å²) in [6.45, 7) is 4.01. The van der Waals surface area contributed by atoms with Crippen LogP contribution < -0.4 is 15.2 Å². The van der Waals surface area contributed by atoms with Gasteiger partial charge in [-0.1, -0.05) is 11.6 Å². The van der Waals surface area contributed by atoms with E-state index in [9.17, 15) is 4.79 Å². The molecule has 0 radical (unpaired) electrons. The summed E-state index contributed by atoms with van der Waals surface area (Å²) in [6, 6.07) is 4.46. The van der Waals surface area contributed by atoms with E-state index < -0.39 is 5.91 Å². The first-order chi connectivity index (χ1) is 11.5. The average molecular weight is 354 g/mol. The van der Waals surface area contributed by atoms with Crippen molar-refractivity contribution in [2.45, 2.75) is 19.0 Å². The number of amides is 1. The minimum Gasteiger partial charge on any atom is -0.493 e. The normalized spacial score (nSPS) is 24.1. The quantitative estimate of drug-likeness (QED) is 0.836. The molecular weight excluding hydrogens is 330 g/mol. The van der Waals surface area contributed by atoms with E-state index in [1.807, 2.05) is 12.1 Å². The summed E-state index contributed by atoms with van der Waals surface area (Å²) >= 11 is 6.32. The summed E-state index contributed by atoms with van der Waals surface area (Å²) in [5, 5.41) is 0.433. The van der Waals surface area contributed by atoms with Crippen LogP contribution in [0.2, 0.25) is 5.02 Å². The largest absolute Gasteiger partial charge is 0.493 e. The standard InChI is InChI=1S/C17H24ClN3O3/c1-20-4-3-12-8-21(9-14(12)20)7-11-5-13(18)17(15(6-11)23-2)24-10-16(19)22/h5-6,12,14H,3-4,7-10H2,1-2H3,(H2,19,22)/t12-,14+/m1/s1. The van der Waals surface area contributed by atoms with E-state index in [0.717, 1.165) is 31.1 Å². The zero-order valence-corrected chi connectivity index (χ0v) is 14.9. The third-order valence-electron chi connectivity index (χ3n) is 4.96.